The molecule has 0 amide bonds. The maximum absolute atomic E-state index is 5.61. The Kier molecular flexibility index (Phi) is 2.11. The van der Waals surface area contributed by atoms with Crippen LogP contribution in [0.1, 0.15) is 12.8 Å². The molecule has 2 heterocycles. The predicted octanol–water partition coefficient (Wildman–Crippen LogP) is 0.139. The quantitative estimate of drug-likeness (QED) is 0.577. The molecule has 0 aromatic carbocycles. The lowest BCUT2D eigenvalue weighted by Gasteiger charge is -2.10. The third kappa shape index (κ3) is 2.43. The molecular formula is C8H15NO2. The van der Waals surface area contributed by atoms with Gasteiger partial charge in [0.15, 0.2) is 0 Å². The highest BCUT2D eigenvalue weighted by atomic mass is 16.6. The number of rotatable bonds is 5. The predicted molar refractivity (Wildman–Crippen MR) is 41.3 cm³/mol. The normalized spacial score (nSPS) is 36.8. The first kappa shape index (κ1) is 7.53. The molecule has 2 aliphatic heterocycles. The maximum atomic E-state index is 5.61. The fraction of sp³-hybridized carbons (Fsp3) is 1.00. The molecule has 0 aliphatic carbocycles. The van der Waals surface area contributed by atoms with Gasteiger partial charge in [-0.3, -0.25) is 0 Å². The summed E-state index contributed by atoms with van der Waals surface area (Å²) in [5.41, 5.74) is 5.61. The van der Waals surface area contributed by atoms with Crippen molar-refractivity contribution in [1.82, 2.24) is 0 Å². The zero-order chi connectivity index (χ0) is 7.68. The fourth-order valence-corrected chi connectivity index (χ4v) is 1.44. The van der Waals surface area contributed by atoms with E-state index in [1.54, 1.807) is 0 Å². The Balaban J connectivity index is 1.65. The van der Waals surface area contributed by atoms with Crippen LogP contribution < -0.4 is 5.73 Å². The molecule has 11 heavy (non-hydrogen) atoms. The average molecular weight is 157 g/mol. The molecule has 0 saturated carbocycles. The third-order valence-corrected chi connectivity index (χ3v) is 2.33. The van der Waals surface area contributed by atoms with Gasteiger partial charge in [-0.1, -0.05) is 0 Å². The van der Waals surface area contributed by atoms with Gasteiger partial charge in [0, 0.05) is 0 Å². The van der Waals surface area contributed by atoms with Crippen molar-refractivity contribution in [3.05, 3.63) is 0 Å². The van der Waals surface area contributed by atoms with Gasteiger partial charge in [0.1, 0.15) is 0 Å². The monoisotopic (exact) mass is 157 g/mol. The molecule has 2 atom stereocenters. The van der Waals surface area contributed by atoms with Crippen LogP contribution in [0.2, 0.25) is 0 Å². The largest absolute Gasteiger partial charge is 0.373 e. The first-order chi connectivity index (χ1) is 5.38. The molecule has 2 saturated heterocycles. The van der Waals surface area contributed by atoms with Gasteiger partial charge in [-0.2, -0.15) is 0 Å². The Bertz CT molecular complexity index is 118. The third-order valence-electron chi connectivity index (χ3n) is 2.33. The van der Waals surface area contributed by atoms with Crippen molar-refractivity contribution < 1.29 is 9.47 Å². The summed E-state index contributed by atoms with van der Waals surface area (Å²) >= 11 is 0. The Hall–Kier alpha value is -0.120. The second-order valence-electron chi connectivity index (χ2n) is 3.48. The van der Waals surface area contributed by atoms with Crippen LogP contribution >= 0.6 is 0 Å². The minimum Gasteiger partial charge on any atom is -0.373 e. The summed E-state index contributed by atoms with van der Waals surface area (Å²) < 4.78 is 10.3. The first-order valence-corrected chi connectivity index (χ1v) is 4.31. The molecule has 3 heteroatoms. The average Bonchev–Trinajstić information content (AvgIpc) is 2.78. The molecule has 0 bridgehead atoms. The molecule has 2 rings (SSSR count). The summed E-state index contributed by atoms with van der Waals surface area (Å²) in [6.45, 7) is 2.67. The zero-order valence-corrected chi connectivity index (χ0v) is 6.66. The highest BCUT2D eigenvalue weighted by molar-refractivity contribution is 4.80. The second-order valence-corrected chi connectivity index (χ2v) is 3.48. The van der Waals surface area contributed by atoms with Gasteiger partial charge in [0.05, 0.1) is 25.4 Å². The lowest BCUT2D eigenvalue weighted by atomic mass is 9.98. The molecule has 2 fully saturated rings. The van der Waals surface area contributed by atoms with Crippen molar-refractivity contribution >= 4 is 0 Å². The van der Waals surface area contributed by atoms with E-state index in [1.165, 1.54) is 0 Å². The molecule has 0 spiro atoms. The molecule has 64 valence electrons. The number of ether oxygens (including phenoxy) is 2. The van der Waals surface area contributed by atoms with Crippen LogP contribution in [0.3, 0.4) is 0 Å². The number of epoxide rings is 2. The van der Waals surface area contributed by atoms with Crippen LogP contribution in [0.25, 0.3) is 0 Å². The van der Waals surface area contributed by atoms with Crippen molar-refractivity contribution in [2.45, 2.75) is 25.0 Å². The van der Waals surface area contributed by atoms with Gasteiger partial charge in [-0.05, 0) is 25.3 Å². The zero-order valence-electron chi connectivity index (χ0n) is 6.66. The van der Waals surface area contributed by atoms with Crippen molar-refractivity contribution in [1.29, 1.82) is 0 Å². The summed E-state index contributed by atoms with van der Waals surface area (Å²) in [4.78, 5) is 0. The molecular weight excluding hydrogens is 142 g/mol. The van der Waals surface area contributed by atoms with Crippen molar-refractivity contribution in [2.24, 2.45) is 11.7 Å². The van der Waals surface area contributed by atoms with E-state index < -0.39 is 0 Å². The van der Waals surface area contributed by atoms with Crippen LogP contribution in [-0.2, 0) is 9.47 Å². The molecule has 2 aliphatic rings. The molecule has 0 radical (unpaired) electrons. The van der Waals surface area contributed by atoms with Gasteiger partial charge in [-0.25, -0.2) is 0 Å². The first-order valence-electron chi connectivity index (χ1n) is 4.31. The highest BCUT2D eigenvalue weighted by Gasteiger charge is 2.31. The van der Waals surface area contributed by atoms with E-state index in [4.69, 9.17) is 15.2 Å². The van der Waals surface area contributed by atoms with E-state index >= 15 is 0 Å². The topological polar surface area (TPSA) is 51.1 Å². The minimum atomic E-state index is 0.516. The fourth-order valence-electron chi connectivity index (χ4n) is 1.44. The molecule has 2 N–H and O–H groups in total. The smallest absolute Gasteiger partial charge is 0.0813 e. The second kappa shape index (κ2) is 3.09. The van der Waals surface area contributed by atoms with E-state index in [0.717, 1.165) is 32.6 Å². The summed E-state index contributed by atoms with van der Waals surface area (Å²) in [7, 11) is 0. The molecule has 0 aromatic rings. The number of hydrogen-bond donors (Lipinski definition) is 1. The van der Waals surface area contributed by atoms with E-state index in [1.807, 2.05) is 0 Å². The maximum Gasteiger partial charge on any atom is 0.0813 e. The van der Waals surface area contributed by atoms with Crippen molar-refractivity contribution in [3.8, 4) is 0 Å². The Morgan fingerprint density at radius 3 is 1.91 bits per heavy atom. The molecule has 2 unspecified atom stereocenters. The standard InChI is InChI=1S/C8H15NO2/c9-3-6(1-7-4-10-7)2-8-5-11-8/h6-8H,1-5,9H2. The van der Waals surface area contributed by atoms with Crippen molar-refractivity contribution in [2.75, 3.05) is 19.8 Å². The summed E-state index contributed by atoms with van der Waals surface area (Å²) in [6.07, 6.45) is 3.30. The van der Waals surface area contributed by atoms with Crippen LogP contribution in [0, 0.1) is 5.92 Å². The number of hydrogen-bond acceptors (Lipinski definition) is 3. The lowest BCUT2D eigenvalue weighted by molar-refractivity contribution is 0.311. The van der Waals surface area contributed by atoms with Gasteiger partial charge < -0.3 is 15.2 Å². The highest BCUT2D eigenvalue weighted by Crippen LogP contribution is 2.26. The van der Waals surface area contributed by atoms with Crippen LogP contribution in [-0.4, -0.2) is 32.0 Å². The summed E-state index contributed by atoms with van der Waals surface area (Å²) in [6, 6.07) is 0. The number of nitrogens with two attached hydrogens (primary N) is 1. The summed E-state index contributed by atoms with van der Waals surface area (Å²) in [5, 5.41) is 0. The van der Waals surface area contributed by atoms with Gasteiger partial charge in [-0.15, -0.1) is 0 Å². The molecule has 0 aromatic heterocycles. The van der Waals surface area contributed by atoms with Crippen LogP contribution in [0.15, 0.2) is 0 Å². The Labute approximate surface area is 66.8 Å². The molecule has 3 nitrogen and oxygen atoms in total. The Morgan fingerprint density at radius 1 is 1.18 bits per heavy atom. The van der Waals surface area contributed by atoms with Crippen molar-refractivity contribution in [3.63, 3.8) is 0 Å². The Morgan fingerprint density at radius 2 is 1.64 bits per heavy atom. The van der Waals surface area contributed by atoms with E-state index in [-0.39, 0.29) is 0 Å². The van der Waals surface area contributed by atoms with E-state index in [9.17, 15) is 0 Å². The SMILES string of the molecule is NCC(CC1CO1)CC1CO1. The van der Waals surface area contributed by atoms with E-state index in [2.05, 4.69) is 0 Å². The van der Waals surface area contributed by atoms with Gasteiger partial charge in [0.2, 0.25) is 0 Å². The van der Waals surface area contributed by atoms with E-state index in [0.29, 0.717) is 18.1 Å². The van der Waals surface area contributed by atoms with Crippen LogP contribution in [0.5, 0.6) is 0 Å². The summed E-state index contributed by atoms with van der Waals surface area (Å²) in [5.74, 6) is 0.620. The van der Waals surface area contributed by atoms with Gasteiger partial charge >= 0.3 is 0 Å². The minimum absolute atomic E-state index is 0.516. The lowest BCUT2D eigenvalue weighted by Crippen LogP contribution is -2.18. The van der Waals surface area contributed by atoms with Gasteiger partial charge in [0.25, 0.3) is 0 Å². The van der Waals surface area contributed by atoms with Crippen LogP contribution in [0.4, 0.5) is 0 Å².